The van der Waals surface area contributed by atoms with E-state index in [0.717, 1.165) is 37.6 Å². The van der Waals surface area contributed by atoms with Gasteiger partial charge in [-0.1, -0.05) is 12.1 Å². The molecule has 2 aliphatic heterocycles. The number of hydrogen-bond acceptors (Lipinski definition) is 7. The predicted octanol–water partition coefficient (Wildman–Crippen LogP) is 1.11. The summed E-state index contributed by atoms with van der Waals surface area (Å²) in [6.45, 7) is 3.31. The van der Waals surface area contributed by atoms with Crippen LogP contribution in [0, 0.1) is 11.8 Å². The minimum absolute atomic E-state index is 0.0147. The normalized spacial score (nSPS) is 20.9. The minimum atomic E-state index is 0.0147. The molecule has 2 fully saturated rings. The Morgan fingerprint density at radius 3 is 2.59 bits per heavy atom. The van der Waals surface area contributed by atoms with E-state index in [9.17, 15) is 4.79 Å². The summed E-state index contributed by atoms with van der Waals surface area (Å²) in [5.41, 5.74) is 0.736. The molecule has 0 spiro atoms. The molecule has 4 heterocycles. The molecule has 3 aromatic rings. The van der Waals surface area contributed by atoms with Crippen molar-refractivity contribution < 1.29 is 14.3 Å². The molecule has 2 aliphatic rings. The lowest BCUT2D eigenvalue weighted by Crippen LogP contribution is -2.36. The van der Waals surface area contributed by atoms with E-state index < -0.39 is 0 Å². The number of methoxy groups -OCH3 is 1. The fourth-order valence-electron chi connectivity index (χ4n) is 4.24. The first-order valence-electron chi connectivity index (χ1n) is 9.67. The van der Waals surface area contributed by atoms with Gasteiger partial charge in [-0.3, -0.25) is 4.79 Å². The molecule has 2 saturated heterocycles. The number of hydrogen-bond donors (Lipinski definition) is 0. The molecule has 1 amide bonds. The van der Waals surface area contributed by atoms with Crippen molar-refractivity contribution >= 4 is 17.4 Å². The van der Waals surface area contributed by atoms with Crippen LogP contribution in [0.5, 0.6) is 11.5 Å². The quantitative estimate of drug-likeness (QED) is 0.641. The van der Waals surface area contributed by atoms with Gasteiger partial charge in [-0.2, -0.15) is 4.52 Å². The van der Waals surface area contributed by atoms with Crippen LogP contribution in [-0.4, -0.2) is 70.5 Å². The van der Waals surface area contributed by atoms with E-state index in [2.05, 4.69) is 20.2 Å². The van der Waals surface area contributed by atoms with Gasteiger partial charge in [0.25, 0.3) is 5.91 Å². The Bertz CT molecular complexity index is 1020. The van der Waals surface area contributed by atoms with Crippen molar-refractivity contribution in [1.29, 1.82) is 0 Å². The SMILES string of the molecule is COc1ccccc1OCC(=O)N1CC2CN(c3ccc4nncn4n3)CC2C1. The Morgan fingerprint density at radius 2 is 1.83 bits per heavy atom. The van der Waals surface area contributed by atoms with Crippen LogP contribution in [0.15, 0.2) is 42.7 Å². The maximum atomic E-state index is 12.6. The molecule has 0 bridgehead atoms. The molecular formula is C20H22N6O3. The second kappa shape index (κ2) is 7.23. The van der Waals surface area contributed by atoms with E-state index in [1.165, 1.54) is 0 Å². The Hall–Kier alpha value is -3.36. The van der Waals surface area contributed by atoms with Crippen molar-refractivity contribution in [1.82, 2.24) is 24.7 Å². The van der Waals surface area contributed by atoms with Gasteiger partial charge in [0.15, 0.2) is 23.8 Å². The number of carbonyl (C=O) groups excluding carboxylic acids is 1. The maximum absolute atomic E-state index is 12.6. The van der Waals surface area contributed by atoms with E-state index in [1.54, 1.807) is 18.0 Å². The fraction of sp³-hybridized carbons (Fsp3) is 0.400. The number of anilines is 1. The zero-order valence-electron chi connectivity index (χ0n) is 16.1. The summed E-state index contributed by atoms with van der Waals surface area (Å²) in [5.74, 6) is 3.05. The summed E-state index contributed by atoms with van der Waals surface area (Å²) in [6, 6.07) is 11.3. The van der Waals surface area contributed by atoms with E-state index in [-0.39, 0.29) is 12.5 Å². The van der Waals surface area contributed by atoms with Crippen molar-refractivity contribution in [2.24, 2.45) is 11.8 Å². The number of para-hydroxylation sites is 2. The molecule has 2 unspecified atom stereocenters. The lowest BCUT2D eigenvalue weighted by Gasteiger charge is -2.22. The summed E-state index contributed by atoms with van der Waals surface area (Å²) >= 11 is 0. The van der Waals surface area contributed by atoms with Gasteiger partial charge in [-0.15, -0.1) is 15.3 Å². The maximum Gasteiger partial charge on any atom is 0.260 e. The van der Waals surface area contributed by atoms with E-state index in [4.69, 9.17) is 9.47 Å². The molecule has 0 radical (unpaired) electrons. The van der Waals surface area contributed by atoms with E-state index in [0.29, 0.717) is 23.3 Å². The number of likely N-dealkylation sites (tertiary alicyclic amines) is 1. The molecule has 0 saturated carbocycles. The average molecular weight is 394 g/mol. The largest absolute Gasteiger partial charge is 0.493 e. The number of ether oxygens (including phenoxy) is 2. The molecule has 1 aromatic carbocycles. The van der Waals surface area contributed by atoms with E-state index >= 15 is 0 Å². The highest BCUT2D eigenvalue weighted by atomic mass is 16.5. The lowest BCUT2D eigenvalue weighted by molar-refractivity contribution is -0.132. The smallest absolute Gasteiger partial charge is 0.260 e. The third kappa shape index (κ3) is 3.32. The molecule has 2 aromatic heterocycles. The van der Waals surface area contributed by atoms with Crippen molar-refractivity contribution in [2.45, 2.75) is 0 Å². The molecule has 150 valence electrons. The van der Waals surface area contributed by atoms with Gasteiger partial charge >= 0.3 is 0 Å². The number of aromatic nitrogens is 4. The van der Waals surface area contributed by atoms with E-state index in [1.807, 2.05) is 41.3 Å². The zero-order valence-corrected chi connectivity index (χ0v) is 16.1. The molecule has 9 nitrogen and oxygen atoms in total. The monoisotopic (exact) mass is 394 g/mol. The number of rotatable bonds is 5. The first-order valence-corrected chi connectivity index (χ1v) is 9.67. The number of nitrogens with zero attached hydrogens (tertiary/aromatic N) is 6. The summed E-state index contributed by atoms with van der Waals surface area (Å²) in [5, 5.41) is 12.4. The number of fused-ring (bicyclic) bond motifs is 2. The molecular weight excluding hydrogens is 372 g/mol. The number of carbonyl (C=O) groups is 1. The van der Waals surface area contributed by atoms with Crippen molar-refractivity contribution in [3.63, 3.8) is 0 Å². The Morgan fingerprint density at radius 1 is 1.07 bits per heavy atom. The Balaban J connectivity index is 1.18. The molecule has 0 N–H and O–H groups in total. The van der Waals surface area contributed by atoms with Gasteiger partial charge in [0.05, 0.1) is 7.11 Å². The van der Waals surface area contributed by atoms with Crippen LogP contribution in [0.3, 0.4) is 0 Å². The lowest BCUT2D eigenvalue weighted by atomic mass is 10.0. The van der Waals surface area contributed by atoms with Gasteiger partial charge < -0.3 is 19.3 Å². The third-order valence-electron chi connectivity index (χ3n) is 5.73. The predicted molar refractivity (Wildman–Crippen MR) is 105 cm³/mol. The summed E-state index contributed by atoms with van der Waals surface area (Å²) < 4.78 is 12.7. The summed E-state index contributed by atoms with van der Waals surface area (Å²) in [6.07, 6.45) is 1.61. The van der Waals surface area contributed by atoms with Crippen LogP contribution in [0.4, 0.5) is 5.82 Å². The topological polar surface area (TPSA) is 85.1 Å². The first-order chi connectivity index (χ1) is 14.2. The van der Waals surface area contributed by atoms with Gasteiger partial charge in [0.2, 0.25) is 0 Å². The molecule has 9 heteroatoms. The zero-order chi connectivity index (χ0) is 19.8. The van der Waals surface area contributed by atoms with Gasteiger partial charge in [-0.25, -0.2) is 0 Å². The highest BCUT2D eigenvalue weighted by Gasteiger charge is 2.42. The third-order valence-corrected chi connectivity index (χ3v) is 5.73. The van der Waals surface area contributed by atoms with Gasteiger partial charge in [0.1, 0.15) is 12.1 Å². The van der Waals surface area contributed by atoms with Crippen LogP contribution >= 0.6 is 0 Å². The van der Waals surface area contributed by atoms with Crippen LogP contribution in [0.25, 0.3) is 5.65 Å². The Labute approximate surface area is 167 Å². The van der Waals surface area contributed by atoms with Crippen LogP contribution in [0.1, 0.15) is 0 Å². The minimum Gasteiger partial charge on any atom is -0.493 e. The second-order valence-corrected chi connectivity index (χ2v) is 7.49. The van der Waals surface area contributed by atoms with Crippen molar-refractivity contribution in [2.75, 3.05) is 44.8 Å². The molecule has 5 rings (SSSR count). The summed E-state index contributed by atoms with van der Waals surface area (Å²) in [4.78, 5) is 16.8. The van der Waals surface area contributed by atoms with Crippen LogP contribution < -0.4 is 14.4 Å². The standard InChI is InChI=1S/C20H22N6O3/c1-28-16-4-2-3-5-17(16)29-12-20(27)25-10-14-8-24(9-15(14)11-25)19-7-6-18-22-21-13-26(18)23-19/h2-7,13-15H,8-12H2,1H3. The molecule has 2 atom stereocenters. The number of benzene rings is 1. The number of amides is 1. The highest BCUT2D eigenvalue weighted by molar-refractivity contribution is 5.78. The van der Waals surface area contributed by atoms with Crippen LogP contribution in [0.2, 0.25) is 0 Å². The highest BCUT2D eigenvalue weighted by Crippen LogP contribution is 2.33. The van der Waals surface area contributed by atoms with Gasteiger partial charge in [-0.05, 0) is 24.3 Å². The van der Waals surface area contributed by atoms with Crippen molar-refractivity contribution in [3.8, 4) is 11.5 Å². The Kier molecular flexibility index (Phi) is 4.42. The molecule has 29 heavy (non-hydrogen) atoms. The van der Waals surface area contributed by atoms with Crippen molar-refractivity contribution in [3.05, 3.63) is 42.7 Å². The first kappa shape index (κ1) is 17.7. The average Bonchev–Trinajstić information content (AvgIpc) is 3.45. The summed E-state index contributed by atoms with van der Waals surface area (Å²) in [7, 11) is 1.59. The van der Waals surface area contributed by atoms with Gasteiger partial charge in [0, 0.05) is 38.0 Å². The molecule has 0 aliphatic carbocycles. The van der Waals surface area contributed by atoms with Crippen LogP contribution in [-0.2, 0) is 4.79 Å². The fourth-order valence-corrected chi connectivity index (χ4v) is 4.24. The second-order valence-electron chi connectivity index (χ2n) is 7.49.